The number of ether oxygens (including phenoxy) is 1. The molecule has 0 unspecified atom stereocenters. The van der Waals surface area contributed by atoms with Gasteiger partial charge in [-0.3, -0.25) is 9.52 Å². The van der Waals surface area contributed by atoms with Crippen LogP contribution < -0.4 is 14.8 Å². The Balaban J connectivity index is 1.38. The van der Waals surface area contributed by atoms with Crippen molar-refractivity contribution < 1.29 is 17.9 Å². The zero-order chi connectivity index (χ0) is 23.4. The minimum Gasteiger partial charge on any atom is -0.438 e. The summed E-state index contributed by atoms with van der Waals surface area (Å²) < 4.78 is 35.3. The van der Waals surface area contributed by atoms with Crippen molar-refractivity contribution >= 4 is 33.0 Å². The average Bonchev–Trinajstić information content (AvgIpc) is 3.44. The van der Waals surface area contributed by atoms with Crippen LogP contribution in [0.4, 0.5) is 5.69 Å². The predicted octanol–water partition coefficient (Wildman–Crippen LogP) is 3.26. The lowest BCUT2D eigenvalue weighted by atomic mass is 10.3. The van der Waals surface area contributed by atoms with E-state index in [-0.39, 0.29) is 16.7 Å². The van der Waals surface area contributed by atoms with Crippen LogP contribution in [0, 0.1) is 6.92 Å². The third-order valence-electron chi connectivity index (χ3n) is 4.33. The fraction of sp³-hybridized carbons (Fsp3) is 0.143. The van der Waals surface area contributed by atoms with E-state index in [4.69, 9.17) is 4.74 Å². The van der Waals surface area contributed by atoms with Gasteiger partial charge in [0.1, 0.15) is 9.96 Å². The van der Waals surface area contributed by atoms with Gasteiger partial charge < -0.3 is 10.1 Å². The normalized spacial score (nSPS) is 11.2. The summed E-state index contributed by atoms with van der Waals surface area (Å²) in [7, 11) is -3.75. The molecule has 0 saturated heterocycles. The highest BCUT2D eigenvalue weighted by Crippen LogP contribution is 2.26. The van der Waals surface area contributed by atoms with Gasteiger partial charge >= 0.3 is 0 Å². The minimum absolute atomic E-state index is 0.158. The zero-order valence-electron chi connectivity index (χ0n) is 17.7. The van der Waals surface area contributed by atoms with Gasteiger partial charge in [-0.15, -0.1) is 21.5 Å². The molecule has 12 heteroatoms. The number of hydrogen-bond donors (Lipinski definition) is 2. The van der Waals surface area contributed by atoms with Gasteiger partial charge in [0.05, 0.1) is 12.2 Å². The van der Waals surface area contributed by atoms with Gasteiger partial charge in [-0.25, -0.2) is 13.1 Å². The lowest BCUT2D eigenvalue weighted by Crippen LogP contribution is -2.18. The number of hydrogen-bond acceptors (Lipinski definition) is 8. The van der Waals surface area contributed by atoms with Crippen LogP contribution in [0.25, 0.3) is 5.82 Å². The molecular formula is C21H20N6O4S2. The number of anilines is 1. The summed E-state index contributed by atoms with van der Waals surface area (Å²) in [4.78, 5) is 11.8. The number of nitrogens with one attached hydrogen (secondary N) is 2. The molecule has 10 nitrogen and oxygen atoms in total. The highest BCUT2D eigenvalue weighted by molar-refractivity contribution is 7.94. The summed E-state index contributed by atoms with van der Waals surface area (Å²) in [6.45, 7) is 3.58. The highest BCUT2D eigenvalue weighted by atomic mass is 32.2. The maximum atomic E-state index is 12.6. The molecule has 170 valence electrons. The molecule has 33 heavy (non-hydrogen) atoms. The van der Waals surface area contributed by atoms with Gasteiger partial charge in [-0.05, 0) is 55.5 Å². The van der Waals surface area contributed by atoms with Gasteiger partial charge in [0.2, 0.25) is 11.8 Å². The second-order valence-electron chi connectivity index (χ2n) is 6.99. The summed E-state index contributed by atoms with van der Waals surface area (Å²) in [5, 5.41) is 15.1. The van der Waals surface area contributed by atoms with E-state index in [0.29, 0.717) is 23.1 Å². The largest absolute Gasteiger partial charge is 0.438 e. The van der Waals surface area contributed by atoms with Crippen LogP contribution in [0.5, 0.6) is 11.6 Å². The molecule has 0 bridgehead atoms. The molecule has 4 aromatic rings. The fourth-order valence-corrected chi connectivity index (χ4v) is 5.11. The predicted molar refractivity (Wildman–Crippen MR) is 123 cm³/mol. The molecule has 0 spiro atoms. The van der Waals surface area contributed by atoms with Crippen molar-refractivity contribution in [2.75, 3.05) is 4.72 Å². The summed E-state index contributed by atoms with van der Waals surface area (Å²) in [5.74, 6) is 1.15. The number of sulfonamides is 1. The van der Waals surface area contributed by atoms with Crippen molar-refractivity contribution in [3.8, 4) is 17.4 Å². The first-order valence-corrected chi connectivity index (χ1v) is 12.1. The van der Waals surface area contributed by atoms with Crippen molar-refractivity contribution in [1.82, 2.24) is 25.3 Å². The number of amides is 1. The molecule has 0 aliphatic heterocycles. The van der Waals surface area contributed by atoms with Gasteiger partial charge in [0.25, 0.3) is 10.0 Å². The summed E-state index contributed by atoms with van der Waals surface area (Å²) in [6, 6.07) is 14.9. The molecule has 0 saturated carbocycles. The maximum Gasteiger partial charge on any atom is 0.271 e. The van der Waals surface area contributed by atoms with Crippen LogP contribution in [0.3, 0.4) is 0 Å². The SMILES string of the molecule is CC(=O)NCc1ccc(S(=O)(=O)Nc2ccc(Oc3ccc(-n4ccc(C)n4)nn3)cc2)s1. The Morgan fingerprint density at radius 2 is 1.85 bits per heavy atom. The third kappa shape index (κ3) is 5.73. The molecule has 3 aromatic heterocycles. The maximum absolute atomic E-state index is 12.6. The van der Waals surface area contributed by atoms with E-state index < -0.39 is 10.0 Å². The van der Waals surface area contributed by atoms with Gasteiger partial charge in [0.15, 0.2) is 5.82 Å². The number of rotatable bonds is 8. The summed E-state index contributed by atoms with van der Waals surface area (Å²) in [6.07, 6.45) is 1.79. The smallest absolute Gasteiger partial charge is 0.271 e. The van der Waals surface area contributed by atoms with Gasteiger partial charge in [-0.2, -0.15) is 5.10 Å². The Kier molecular flexibility index (Phi) is 6.38. The first-order chi connectivity index (χ1) is 15.8. The Bertz CT molecular complexity index is 1360. The Morgan fingerprint density at radius 1 is 1.06 bits per heavy atom. The lowest BCUT2D eigenvalue weighted by molar-refractivity contribution is -0.119. The van der Waals surface area contributed by atoms with Crippen LogP contribution in [0.15, 0.2) is 65.0 Å². The standard InChI is InChI=1S/C21H20N6O4S2/c1-14-11-12-27(25-14)19-8-9-20(24-23-19)31-17-5-3-16(4-6-17)26-33(29,30)21-10-7-18(32-21)13-22-15(2)28/h3-12,26H,13H2,1-2H3,(H,22,28). The number of carbonyl (C=O) groups excluding carboxylic acids is 1. The molecule has 1 amide bonds. The number of nitrogens with zero attached hydrogens (tertiary/aromatic N) is 4. The number of aromatic nitrogens is 4. The van der Waals surface area contributed by atoms with E-state index in [1.807, 2.05) is 13.0 Å². The second-order valence-corrected chi connectivity index (χ2v) is 10.1. The van der Waals surface area contributed by atoms with E-state index in [0.717, 1.165) is 21.9 Å². The van der Waals surface area contributed by atoms with Crippen LogP contribution >= 0.6 is 11.3 Å². The van der Waals surface area contributed by atoms with Crippen molar-refractivity contribution in [3.63, 3.8) is 0 Å². The first-order valence-electron chi connectivity index (χ1n) is 9.79. The van der Waals surface area contributed by atoms with Crippen molar-refractivity contribution in [1.29, 1.82) is 0 Å². The second kappa shape index (κ2) is 9.38. The van der Waals surface area contributed by atoms with Crippen molar-refractivity contribution in [3.05, 3.63) is 71.4 Å². The molecule has 0 fully saturated rings. The molecule has 1 aromatic carbocycles. The van der Waals surface area contributed by atoms with Crippen LogP contribution in [0.2, 0.25) is 0 Å². The van der Waals surface area contributed by atoms with Crippen molar-refractivity contribution in [2.24, 2.45) is 0 Å². The summed E-state index contributed by atoms with van der Waals surface area (Å²) >= 11 is 1.10. The van der Waals surface area contributed by atoms with Crippen LogP contribution in [0.1, 0.15) is 17.5 Å². The first kappa shape index (κ1) is 22.4. The molecule has 4 rings (SSSR count). The Hall–Kier alpha value is -3.77. The van der Waals surface area contributed by atoms with Crippen LogP contribution in [-0.4, -0.2) is 34.3 Å². The molecular weight excluding hydrogens is 464 g/mol. The van der Waals surface area contributed by atoms with Crippen LogP contribution in [-0.2, 0) is 21.4 Å². The monoisotopic (exact) mass is 484 g/mol. The highest BCUT2D eigenvalue weighted by Gasteiger charge is 2.17. The molecule has 3 heterocycles. The summed E-state index contributed by atoms with van der Waals surface area (Å²) in [5.41, 5.74) is 1.26. The number of carbonyl (C=O) groups is 1. The molecule has 2 N–H and O–H groups in total. The molecule has 0 aliphatic rings. The fourth-order valence-electron chi connectivity index (χ4n) is 2.76. The minimum atomic E-state index is -3.75. The van der Waals surface area contributed by atoms with Crippen molar-refractivity contribution in [2.45, 2.75) is 24.6 Å². The van der Waals surface area contributed by atoms with E-state index in [9.17, 15) is 13.2 Å². The average molecular weight is 485 g/mol. The lowest BCUT2D eigenvalue weighted by Gasteiger charge is -2.08. The third-order valence-corrected chi connectivity index (χ3v) is 7.28. The topological polar surface area (TPSA) is 128 Å². The molecule has 0 atom stereocenters. The van der Waals surface area contributed by atoms with Gasteiger partial charge in [0, 0.05) is 29.8 Å². The molecule has 0 radical (unpaired) electrons. The number of aryl methyl sites for hydroxylation is 1. The molecule has 0 aliphatic carbocycles. The quantitative estimate of drug-likeness (QED) is 0.393. The van der Waals surface area contributed by atoms with Gasteiger partial charge in [-0.1, -0.05) is 0 Å². The van der Waals surface area contributed by atoms with E-state index >= 15 is 0 Å². The van der Waals surface area contributed by atoms with E-state index in [1.165, 1.54) is 13.0 Å². The zero-order valence-corrected chi connectivity index (χ0v) is 19.4. The van der Waals surface area contributed by atoms with E-state index in [1.54, 1.807) is 53.3 Å². The Morgan fingerprint density at radius 3 is 2.48 bits per heavy atom. The Labute approximate surface area is 194 Å². The number of thiophene rings is 1. The number of benzene rings is 1. The van der Waals surface area contributed by atoms with E-state index in [2.05, 4.69) is 25.3 Å².